The highest BCUT2D eigenvalue weighted by molar-refractivity contribution is 5.88. The molecule has 0 radical (unpaired) electrons. The molecule has 0 aliphatic rings. The second-order valence-corrected chi connectivity index (χ2v) is 3.68. The Morgan fingerprint density at radius 1 is 1.35 bits per heavy atom. The second-order valence-electron chi connectivity index (χ2n) is 3.68. The number of nitrogens with zero attached hydrogens (tertiary/aromatic N) is 1. The Labute approximate surface area is 110 Å². The number of phenolic OH excluding ortho intramolecular Hbond substituents is 1. The number of esters is 1. The van der Waals surface area contributed by atoms with Gasteiger partial charge >= 0.3 is 5.97 Å². The van der Waals surface area contributed by atoms with Crippen LogP contribution in [0.15, 0.2) is 16.7 Å². The Hall–Kier alpha value is -2.51. The van der Waals surface area contributed by atoms with Gasteiger partial charge in [-0.2, -0.15) is 4.39 Å². The predicted octanol–water partition coefficient (Wildman–Crippen LogP) is 2.64. The van der Waals surface area contributed by atoms with Gasteiger partial charge in [0, 0.05) is 6.07 Å². The van der Waals surface area contributed by atoms with Crippen molar-refractivity contribution in [2.75, 3.05) is 6.61 Å². The molecular weight excluding hydrogens is 279 g/mol. The number of halogens is 3. The van der Waals surface area contributed by atoms with Crippen LogP contribution >= 0.6 is 0 Å². The van der Waals surface area contributed by atoms with Crippen LogP contribution < -0.4 is 0 Å². The van der Waals surface area contributed by atoms with Crippen LogP contribution in [0.4, 0.5) is 13.2 Å². The van der Waals surface area contributed by atoms with Crippen molar-refractivity contribution < 1.29 is 32.3 Å². The molecule has 0 saturated heterocycles. The van der Waals surface area contributed by atoms with E-state index >= 15 is 0 Å². The summed E-state index contributed by atoms with van der Waals surface area (Å²) in [6, 6.07) is 1.48. The summed E-state index contributed by atoms with van der Waals surface area (Å²) in [7, 11) is 0. The fraction of sp³-hybridized carbons (Fsp3) is 0.167. The Balaban J connectivity index is 2.45. The summed E-state index contributed by atoms with van der Waals surface area (Å²) in [5.74, 6) is -7.23. The Morgan fingerprint density at radius 3 is 2.70 bits per heavy atom. The minimum Gasteiger partial charge on any atom is -0.503 e. The number of rotatable bonds is 3. The van der Waals surface area contributed by atoms with E-state index in [9.17, 15) is 18.0 Å². The van der Waals surface area contributed by atoms with E-state index in [1.54, 1.807) is 6.92 Å². The van der Waals surface area contributed by atoms with E-state index in [1.165, 1.54) is 0 Å². The molecule has 2 aromatic rings. The topological polar surface area (TPSA) is 72.6 Å². The van der Waals surface area contributed by atoms with Crippen LogP contribution in [0.3, 0.4) is 0 Å². The SMILES string of the molecule is CCOC(=O)c1cc(-c2cc(F)c(F)c(O)c2F)on1. The van der Waals surface area contributed by atoms with Crippen molar-refractivity contribution in [1.82, 2.24) is 5.16 Å². The molecule has 1 aromatic carbocycles. The smallest absolute Gasteiger partial charge is 0.360 e. The quantitative estimate of drug-likeness (QED) is 0.694. The van der Waals surface area contributed by atoms with E-state index < -0.39 is 34.7 Å². The van der Waals surface area contributed by atoms with E-state index in [2.05, 4.69) is 14.4 Å². The number of carbonyl (C=O) groups excluding carboxylic acids is 1. The molecule has 106 valence electrons. The van der Waals surface area contributed by atoms with Gasteiger partial charge in [-0.05, 0) is 13.0 Å². The molecule has 20 heavy (non-hydrogen) atoms. The molecule has 8 heteroatoms. The highest BCUT2D eigenvalue weighted by Gasteiger charge is 2.23. The maximum Gasteiger partial charge on any atom is 0.360 e. The van der Waals surface area contributed by atoms with Gasteiger partial charge in [-0.3, -0.25) is 0 Å². The van der Waals surface area contributed by atoms with Gasteiger partial charge in [0.05, 0.1) is 12.2 Å². The fourth-order valence-corrected chi connectivity index (χ4v) is 1.47. The Bertz CT molecular complexity index is 669. The lowest BCUT2D eigenvalue weighted by Gasteiger charge is -2.03. The molecule has 1 N–H and O–H groups in total. The van der Waals surface area contributed by atoms with Crippen molar-refractivity contribution >= 4 is 5.97 Å². The zero-order valence-electron chi connectivity index (χ0n) is 10.1. The molecule has 0 bridgehead atoms. The minimum absolute atomic E-state index is 0.0986. The number of ether oxygens (including phenoxy) is 1. The summed E-state index contributed by atoms with van der Waals surface area (Å²) in [4.78, 5) is 11.3. The third kappa shape index (κ3) is 2.31. The summed E-state index contributed by atoms with van der Waals surface area (Å²) in [5, 5.41) is 12.4. The van der Waals surface area contributed by atoms with Crippen LogP contribution in [-0.2, 0) is 4.74 Å². The maximum atomic E-state index is 13.6. The average molecular weight is 287 g/mol. The maximum absolute atomic E-state index is 13.6. The van der Waals surface area contributed by atoms with Crippen molar-refractivity contribution in [3.05, 3.63) is 35.3 Å². The Kier molecular flexibility index (Phi) is 3.64. The van der Waals surface area contributed by atoms with Gasteiger partial charge in [0.15, 0.2) is 28.8 Å². The lowest BCUT2D eigenvalue weighted by atomic mass is 10.1. The number of benzene rings is 1. The molecule has 0 spiro atoms. The molecule has 0 aliphatic carbocycles. The molecule has 0 saturated carbocycles. The van der Waals surface area contributed by atoms with Crippen LogP contribution in [0, 0.1) is 17.5 Å². The van der Waals surface area contributed by atoms with Crippen molar-refractivity contribution in [3.8, 4) is 17.1 Å². The fourth-order valence-electron chi connectivity index (χ4n) is 1.47. The molecule has 0 unspecified atom stereocenters. The molecule has 1 aromatic heterocycles. The van der Waals surface area contributed by atoms with E-state index in [-0.39, 0.29) is 18.1 Å². The van der Waals surface area contributed by atoms with Crippen molar-refractivity contribution in [2.24, 2.45) is 0 Å². The first-order chi connectivity index (χ1) is 9.45. The summed E-state index contributed by atoms with van der Waals surface area (Å²) in [5.41, 5.74) is -0.824. The first kappa shape index (κ1) is 13.9. The average Bonchev–Trinajstić information content (AvgIpc) is 2.90. The lowest BCUT2D eigenvalue weighted by Crippen LogP contribution is -2.04. The molecule has 1 heterocycles. The highest BCUT2D eigenvalue weighted by Crippen LogP contribution is 2.32. The number of hydrogen-bond acceptors (Lipinski definition) is 5. The monoisotopic (exact) mass is 287 g/mol. The van der Waals surface area contributed by atoms with Crippen LogP contribution in [-0.4, -0.2) is 22.8 Å². The minimum atomic E-state index is -1.71. The number of aromatic hydroxyl groups is 1. The zero-order valence-corrected chi connectivity index (χ0v) is 10.1. The third-order valence-corrected chi connectivity index (χ3v) is 2.39. The van der Waals surface area contributed by atoms with Gasteiger partial charge in [0.1, 0.15) is 0 Å². The van der Waals surface area contributed by atoms with E-state index in [4.69, 9.17) is 5.11 Å². The molecular formula is C12H8F3NO4. The van der Waals surface area contributed by atoms with Gasteiger partial charge in [-0.15, -0.1) is 0 Å². The van der Waals surface area contributed by atoms with Crippen molar-refractivity contribution in [2.45, 2.75) is 6.92 Å². The van der Waals surface area contributed by atoms with Crippen LogP contribution in [0.25, 0.3) is 11.3 Å². The van der Waals surface area contributed by atoms with Gasteiger partial charge in [-0.1, -0.05) is 5.16 Å². The number of carbonyl (C=O) groups is 1. The van der Waals surface area contributed by atoms with Gasteiger partial charge < -0.3 is 14.4 Å². The van der Waals surface area contributed by atoms with Crippen molar-refractivity contribution in [3.63, 3.8) is 0 Å². The van der Waals surface area contributed by atoms with E-state index in [0.29, 0.717) is 6.07 Å². The molecule has 0 atom stereocenters. The Morgan fingerprint density at radius 2 is 2.05 bits per heavy atom. The molecule has 2 rings (SSSR count). The molecule has 0 aliphatic heterocycles. The van der Waals surface area contributed by atoms with E-state index in [0.717, 1.165) is 6.07 Å². The standard InChI is InChI=1S/C12H8F3NO4/c1-2-19-12(18)7-4-8(20-16-7)5-3-6(13)10(15)11(17)9(5)14/h3-4,17H,2H2,1H3. The second kappa shape index (κ2) is 5.24. The van der Waals surface area contributed by atoms with Gasteiger partial charge in [0.25, 0.3) is 0 Å². The van der Waals surface area contributed by atoms with Gasteiger partial charge in [-0.25, -0.2) is 13.6 Å². The molecule has 5 nitrogen and oxygen atoms in total. The first-order valence-corrected chi connectivity index (χ1v) is 5.46. The van der Waals surface area contributed by atoms with Crippen LogP contribution in [0.5, 0.6) is 5.75 Å². The normalized spacial score (nSPS) is 10.6. The zero-order chi connectivity index (χ0) is 14.9. The number of aromatic nitrogens is 1. The summed E-state index contributed by atoms with van der Waals surface area (Å²) in [6.07, 6.45) is 0. The van der Waals surface area contributed by atoms with Crippen LogP contribution in [0.1, 0.15) is 17.4 Å². The van der Waals surface area contributed by atoms with Gasteiger partial charge in [0.2, 0.25) is 5.82 Å². The first-order valence-electron chi connectivity index (χ1n) is 5.46. The number of hydrogen-bond donors (Lipinski definition) is 1. The summed E-state index contributed by atoms with van der Waals surface area (Å²) < 4.78 is 49.0. The lowest BCUT2D eigenvalue weighted by molar-refractivity contribution is 0.0514. The van der Waals surface area contributed by atoms with Crippen LogP contribution in [0.2, 0.25) is 0 Å². The third-order valence-electron chi connectivity index (χ3n) is 2.39. The largest absolute Gasteiger partial charge is 0.503 e. The predicted molar refractivity (Wildman–Crippen MR) is 59.4 cm³/mol. The van der Waals surface area contributed by atoms with E-state index in [1.807, 2.05) is 0 Å². The highest BCUT2D eigenvalue weighted by atomic mass is 19.2. The summed E-state index contributed by atoms with van der Waals surface area (Å²) in [6.45, 7) is 1.67. The number of phenols is 1. The molecule has 0 amide bonds. The van der Waals surface area contributed by atoms with Crippen molar-refractivity contribution in [1.29, 1.82) is 0 Å². The molecule has 0 fully saturated rings. The summed E-state index contributed by atoms with van der Waals surface area (Å²) >= 11 is 0.